The van der Waals surface area contributed by atoms with Crippen LogP contribution in [0.25, 0.3) is 0 Å². The highest BCUT2D eigenvalue weighted by atomic mass is 16.4. The van der Waals surface area contributed by atoms with Crippen molar-refractivity contribution in [2.45, 2.75) is 57.8 Å². The Morgan fingerprint density at radius 1 is 0.967 bits per heavy atom. The maximum absolute atomic E-state index is 12.7. The monoisotopic (exact) mass is 431 g/mol. The number of nitrogens with two attached hydrogens (primary N) is 3. The van der Waals surface area contributed by atoms with Crippen LogP contribution < -0.4 is 33.2 Å². The lowest BCUT2D eigenvalue weighted by molar-refractivity contribution is -0.145. The molecule has 0 aromatic rings. The highest BCUT2D eigenvalue weighted by Crippen LogP contribution is 2.06. The van der Waals surface area contributed by atoms with Gasteiger partial charge in [0.25, 0.3) is 0 Å². The van der Waals surface area contributed by atoms with Crippen LogP contribution in [0.4, 0.5) is 0 Å². The van der Waals surface area contributed by atoms with Crippen LogP contribution in [0.15, 0.2) is 4.99 Å². The molecule has 4 atom stereocenters. The Morgan fingerprint density at radius 2 is 1.57 bits per heavy atom. The predicted octanol–water partition coefficient (Wildman–Crippen LogP) is -3.43. The SMILES string of the molecule is CC(C)C(NC(=O)CN)C(=O)NC(CCCN=C(N)N)C(=O)NC(C(=O)O)C(C)O. The molecule has 4 unspecified atom stereocenters. The van der Waals surface area contributed by atoms with Crippen molar-refractivity contribution in [2.24, 2.45) is 28.1 Å². The molecule has 0 aromatic heterocycles. The van der Waals surface area contributed by atoms with E-state index in [1.54, 1.807) is 13.8 Å². The fourth-order valence-corrected chi connectivity index (χ4v) is 2.44. The van der Waals surface area contributed by atoms with Gasteiger partial charge in [0.05, 0.1) is 12.6 Å². The van der Waals surface area contributed by atoms with E-state index in [1.807, 2.05) is 0 Å². The number of nitrogens with one attached hydrogen (secondary N) is 3. The summed E-state index contributed by atoms with van der Waals surface area (Å²) in [6, 6.07) is -3.67. The fraction of sp³-hybridized carbons (Fsp3) is 0.706. The Morgan fingerprint density at radius 3 is 2.00 bits per heavy atom. The van der Waals surface area contributed by atoms with Crippen molar-refractivity contribution in [2.75, 3.05) is 13.1 Å². The Labute approximate surface area is 174 Å². The minimum Gasteiger partial charge on any atom is -0.480 e. The number of hydrogen-bond acceptors (Lipinski definition) is 7. The molecule has 13 nitrogen and oxygen atoms in total. The first-order valence-corrected chi connectivity index (χ1v) is 9.47. The largest absolute Gasteiger partial charge is 0.480 e. The molecule has 0 spiro atoms. The van der Waals surface area contributed by atoms with Gasteiger partial charge >= 0.3 is 5.97 Å². The van der Waals surface area contributed by atoms with Crippen molar-refractivity contribution in [3.63, 3.8) is 0 Å². The lowest BCUT2D eigenvalue weighted by Gasteiger charge is -2.26. The zero-order valence-electron chi connectivity index (χ0n) is 17.4. The van der Waals surface area contributed by atoms with Gasteiger partial charge in [-0.05, 0) is 25.7 Å². The molecule has 3 amide bonds. The van der Waals surface area contributed by atoms with E-state index in [2.05, 4.69) is 20.9 Å². The summed E-state index contributed by atoms with van der Waals surface area (Å²) < 4.78 is 0. The van der Waals surface area contributed by atoms with E-state index in [1.165, 1.54) is 6.92 Å². The summed E-state index contributed by atoms with van der Waals surface area (Å²) in [5.74, 6) is -3.87. The molecule has 0 radical (unpaired) electrons. The number of carboxylic acids is 1. The molecule has 0 aliphatic heterocycles. The van der Waals surface area contributed by atoms with Gasteiger partial charge in [-0.25, -0.2) is 4.79 Å². The first kappa shape index (κ1) is 27.1. The number of aliphatic hydroxyl groups is 1. The molecular weight excluding hydrogens is 398 g/mol. The number of rotatable bonds is 13. The number of aliphatic hydroxyl groups excluding tert-OH is 1. The van der Waals surface area contributed by atoms with Gasteiger partial charge in [0, 0.05) is 6.54 Å². The zero-order chi connectivity index (χ0) is 23.4. The number of carbonyl (C=O) groups is 4. The Bertz CT molecular complexity index is 634. The Kier molecular flexibility index (Phi) is 12.0. The van der Waals surface area contributed by atoms with Crippen LogP contribution in [0.5, 0.6) is 0 Å². The van der Waals surface area contributed by atoms with E-state index in [9.17, 15) is 24.3 Å². The van der Waals surface area contributed by atoms with Crippen molar-refractivity contribution in [1.82, 2.24) is 16.0 Å². The number of nitrogens with zero attached hydrogens (tertiary/aromatic N) is 1. The summed E-state index contributed by atoms with van der Waals surface area (Å²) in [7, 11) is 0. The van der Waals surface area contributed by atoms with Gasteiger partial charge in [0.1, 0.15) is 12.1 Å². The summed E-state index contributed by atoms with van der Waals surface area (Å²) in [5.41, 5.74) is 15.8. The van der Waals surface area contributed by atoms with E-state index >= 15 is 0 Å². The molecule has 172 valence electrons. The van der Waals surface area contributed by atoms with Crippen molar-refractivity contribution in [1.29, 1.82) is 0 Å². The molecule has 0 bridgehead atoms. The Hall–Kier alpha value is -2.93. The third-order valence-corrected chi connectivity index (χ3v) is 4.08. The maximum Gasteiger partial charge on any atom is 0.328 e. The standard InChI is InChI=1S/C17H33N7O6/c1-8(2)12(23-11(26)7-18)15(28)22-10(5-4-6-21-17(19)20)14(27)24-13(9(3)25)16(29)30/h8-10,12-13,25H,4-7,18H2,1-3H3,(H,22,28)(H,23,26)(H,24,27)(H,29,30)(H4,19,20,21). The molecule has 0 aliphatic carbocycles. The zero-order valence-corrected chi connectivity index (χ0v) is 17.4. The van der Waals surface area contributed by atoms with Crippen LogP contribution in [0.2, 0.25) is 0 Å². The molecule has 0 saturated carbocycles. The predicted molar refractivity (Wildman–Crippen MR) is 109 cm³/mol. The molecule has 0 aliphatic rings. The van der Waals surface area contributed by atoms with E-state index in [0.717, 1.165) is 0 Å². The molecule has 11 N–H and O–H groups in total. The second-order valence-electron chi connectivity index (χ2n) is 7.07. The smallest absolute Gasteiger partial charge is 0.328 e. The molecule has 0 heterocycles. The number of aliphatic imine (C=N–C) groups is 1. The van der Waals surface area contributed by atoms with E-state index < -0.39 is 47.9 Å². The van der Waals surface area contributed by atoms with Crippen molar-refractivity contribution in [3.8, 4) is 0 Å². The topological polar surface area (TPSA) is 235 Å². The van der Waals surface area contributed by atoms with Gasteiger partial charge in [-0.15, -0.1) is 0 Å². The molecule has 0 saturated heterocycles. The first-order valence-electron chi connectivity index (χ1n) is 9.47. The van der Waals surface area contributed by atoms with Crippen LogP contribution in [0.3, 0.4) is 0 Å². The number of amides is 3. The average molecular weight is 431 g/mol. The van der Waals surface area contributed by atoms with Crippen molar-refractivity contribution < 1.29 is 29.4 Å². The van der Waals surface area contributed by atoms with Crippen LogP contribution >= 0.6 is 0 Å². The van der Waals surface area contributed by atoms with Crippen molar-refractivity contribution >= 4 is 29.7 Å². The fourth-order valence-electron chi connectivity index (χ4n) is 2.44. The quantitative estimate of drug-likeness (QED) is 0.0821. The van der Waals surface area contributed by atoms with Crippen LogP contribution in [-0.4, -0.2) is 77.2 Å². The molecule has 0 rings (SSSR count). The van der Waals surface area contributed by atoms with E-state index in [4.69, 9.17) is 22.3 Å². The summed E-state index contributed by atoms with van der Waals surface area (Å²) in [6.07, 6.45) is -0.989. The maximum atomic E-state index is 12.7. The number of hydrogen-bond donors (Lipinski definition) is 8. The van der Waals surface area contributed by atoms with E-state index in [0.29, 0.717) is 6.42 Å². The minimum absolute atomic E-state index is 0.0795. The number of carboxylic acid groups (broad SMARTS) is 1. The third kappa shape index (κ3) is 10.0. The molecule has 30 heavy (non-hydrogen) atoms. The molecule has 0 fully saturated rings. The number of guanidine groups is 1. The Balaban J connectivity index is 5.41. The van der Waals surface area contributed by atoms with Gasteiger partial charge in [-0.3, -0.25) is 19.4 Å². The number of aliphatic carboxylic acids is 1. The molecular formula is C17H33N7O6. The minimum atomic E-state index is -1.56. The highest BCUT2D eigenvalue weighted by molar-refractivity contribution is 5.93. The van der Waals surface area contributed by atoms with Gasteiger partial charge in [0.2, 0.25) is 17.7 Å². The first-order chi connectivity index (χ1) is 13.9. The van der Waals surface area contributed by atoms with Crippen LogP contribution in [0, 0.1) is 5.92 Å². The summed E-state index contributed by atoms with van der Waals surface area (Å²) in [5, 5.41) is 25.9. The summed E-state index contributed by atoms with van der Waals surface area (Å²) >= 11 is 0. The average Bonchev–Trinajstić information content (AvgIpc) is 2.64. The second kappa shape index (κ2) is 13.3. The van der Waals surface area contributed by atoms with Gasteiger partial charge in [-0.1, -0.05) is 13.8 Å². The van der Waals surface area contributed by atoms with Gasteiger partial charge in [-0.2, -0.15) is 0 Å². The normalized spacial score (nSPS) is 14.7. The van der Waals surface area contributed by atoms with Gasteiger partial charge in [0.15, 0.2) is 12.0 Å². The second-order valence-corrected chi connectivity index (χ2v) is 7.07. The van der Waals surface area contributed by atoms with Gasteiger partial charge < -0.3 is 43.4 Å². The summed E-state index contributed by atoms with van der Waals surface area (Å²) in [4.78, 5) is 51.9. The van der Waals surface area contributed by atoms with Crippen LogP contribution in [0.1, 0.15) is 33.6 Å². The molecule has 13 heteroatoms. The highest BCUT2D eigenvalue weighted by Gasteiger charge is 2.31. The lowest BCUT2D eigenvalue weighted by Crippen LogP contribution is -2.58. The van der Waals surface area contributed by atoms with E-state index in [-0.39, 0.29) is 31.4 Å². The summed E-state index contributed by atoms with van der Waals surface area (Å²) in [6.45, 7) is 4.47. The number of carbonyl (C=O) groups excluding carboxylic acids is 3. The third-order valence-electron chi connectivity index (χ3n) is 4.08. The molecule has 0 aromatic carbocycles. The lowest BCUT2D eigenvalue weighted by atomic mass is 10.0. The van der Waals surface area contributed by atoms with Crippen molar-refractivity contribution in [3.05, 3.63) is 0 Å². The van der Waals surface area contributed by atoms with Crippen LogP contribution in [-0.2, 0) is 19.2 Å².